The normalized spacial score (nSPS) is 11.7. The van der Waals surface area contributed by atoms with Crippen LogP contribution in [0.15, 0.2) is 59.6 Å². The fraction of sp³-hybridized carbons (Fsp3) is 0.273. The van der Waals surface area contributed by atoms with E-state index in [1.807, 2.05) is 75.3 Å². The fourth-order valence-corrected chi connectivity index (χ4v) is 2.84. The molecule has 0 aliphatic rings. The van der Waals surface area contributed by atoms with Gasteiger partial charge in [0.1, 0.15) is 11.6 Å². The van der Waals surface area contributed by atoms with Crippen LogP contribution in [-0.4, -0.2) is 31.1 Å². The van der Waals surface area contributed by atoms with Crippen molar-refractivity contribution in [3.8, 4) is 5.75 Å². The van der Waals surface area contributed by atoms with Gasteiger partial charge in [-0.05, 0) is 55.8 Å². The number of hydrogen-bond acceptors (Lipinski definition) is 4. The van der Waals surface area contributed by atoms with Crippen LogP contribution in [0, 0.1) is 0 Å². The third-order valence-electron chi connectivity index (χ3n) is 4.16. The minimum Gasteiger partial charge on any atom is -0.491 e. The second kappa shape index (κ2) is 8.61. The molecule has 28 heavy (non-hydrogen) atoms. The second-order valence-corrected chi connectivity index (χ2v) is 7.07. The summed E-state index contributed by atoms with van der Waals surface area (Å²) in [5.41, 5.74) is 9.00. The van der Waals surface area contributed by atoms with E-state index in [1.165, 1.54) is 0 Å². The lowest BCUT2D eigenvalue weighted by Crippen LogP contribution is -2.22. The number of para-hydroxylation sites is 1. The van der Waals surface area contributed by atoms with Gasteiger partial charge in [0.2, 0.25) is 0 Å². The Morgan fingerprint density at radius 2 is 1.86 bits per heavy atom. The summed E-state index contributed by atoms with van der Waals surface area (Å²) in [4.78, 5) is 11.2. The van der Waals surface area contributed by atoms with Crippen LogP contribution in [-0.2, 0) is 6.54 Å². The molecule has 0 amide bonds. The summed E-state index contributed by atoms with van der Waals surface area (Å²) in [6, 6.07) is 17.8. The molecular weight excluding hydrogens is 350 g/mol. The molecule has 1 aromatic heterocycles. The van der Waals surface area contributed by atoms with Crippen LogP contribution in [0.2, 0.25) is 0 Å². The van der Waals surface area contributed by atoms with Gasteiger partial charge in [-0.1, -0.05) is 18.2 Å². The number of aromatic nitrogens is 1. The minimum atomic E-state index is 0.146. The molecule has 6 nitrogen and oxygen atoms in total. The molecule has 0 radical (unpaired) electrons. The third-order valence-corrected chi connectivity index (χ3v) is 4.16. The van der Waals surface area contributed by atoms with E-state index in [0.29, 0.717) is 12.5 Å². The molecule has 0 aliphatic carbocycles. The maximum atomic E-state index is 6.10. The summed E-state index contributed by atoms with van der Waals surface area (Å²) in [7, 11) is 3.96. The number of hydrogen-bond donors (Lipinski definition) is 2. The number of anilines is 2. The van der Waals surface area contributed by atoms with E-state index in [1.54, 1.807) is 0 Å². The van der Waals surface area contributed by atoms with Crippen LogP contribution in [0.5, 0.6) is 5.75 Å². The maximum absolute atomic E-state index is 6.10. The number of nitrogens with one attached hydrogen (secondary N) is 1. The van der Waals surface area contributed by atoms with Gasteiger partial charge >= 0.3 is 0 Å². The second-order valence-electron chi connectivity index (χ2n) is 7.07. The Morgan fingerprint density at radius 1 is 1.14 bits per heavy atom. The van der Waals surface area contributed by atoms with Gasteiger partial charge < -0.3 is 20.7 Å². The molecule has 0 saturated heterocycles. The summed E-state index contributed by atoms with van der Waals surface area (Å²) in [6.07, 6.45) is 0.146. The Bertz CT molecular complexity index is 964. The number of guanidine groups is 1. The summed E-state index contributed by atoms with van der Waals surface area (Å²) < 4.78 is 5.65. The van der Waals surface area contributed by atoms with E-state index in [0.717, 1.165) is 33.7 Å². The Hall–Kier alpha value is -3.28. The Balaban J connectivity index is 1.75. The minimum absolute atomic E-state index is 0.146. The fourth-order valence-electron chi connectivity index (χ4n) is 2.84. The van der Waals surface area contributed by atoms with Gasteiger partial charge in [-0.3, -0.25) is 0 Å². The standard InChI is InChI=1S/C22H27N5O/c1-15(2)28-18-11-9-17(10-12-18)25-22(23)24-14-16-13-21(27(3)4)26-20-8-6-5-7-19(16)20/h5-13,15H,14H2,1-4H3,(H3,23,24,25). The largest absolute Gasteiger partial charge is 0.491 e. The van der Waals surface area contributed by atoms with Gasteiger partial charge in [0.25, 0.3) is 0 Å². The van der Waals surface area contributed by atoms with Crippen LogP contribution in [0.3, 0.4) is 0 Å². The number of fused-ring (bicyclic) bond motifs is 1. The van der Waals surface area contributed by atoms with Crippen molar-refractivity contribution in [3.05, 3.63) is 60.2 Å². The van der Waals surface area contributed by atoms with E-state index in [2.05, 4.69) is 27.4 Å². The maximum Gasteiger partial charge on any atom is 0.193 e. The molecule has 3 rings (SSSR count). The van der Waals surface area contributed by atoms with Crippen LogP contribution < -0.4 is 20.7 Å². The summed E-state index contributed by atoms with van der Waals surface area (Å²) >= 11 is 0. The van der Waals surface area contributed by atoms with Crippen LogP contribution >= 0.6 is 0 Å². The number of nitrogens with two attached hydrogens (primary N) is 1. The van der Waals surface area contributed by atoms with Gasteiger partial charge in [0.05, 0.1) is 18.2 Å². The average molecular weight is 377 g/mol. The zero-order valence-electron chi connectivity index (χ0n) is 16.8. The first-order valence-corrected chi connectivity index (χ1v) is 9.32. The monoisotopic (exact) mass is 377 g/mol. The summed E-state index contributed by atoms with van der Waals surface area (Å²) in [5, 5.41) is 4.21. The highest BCUT2D eigenvalue weighted by Crippen LogP contribution is 2.23. The molecule has 146 valence electrons. The van der Waals surface area contributed by atoms with Crippen molar-refractivity contribution in [1.82, 2.24) is 4.98 Å². The van der Waals surface area contributed by atoms with Crippen LogP contribution in [0.1, 0.15) is 19.4 Å². The van der Waals surface area contributed by atoms with E-state index in [-0.39, 0.29) is 6.10 Å². The van der Waals surface area contributed by atoms with Crippen molar-refractivity contribution in [1.29, 1.82) is 0 Å². The first-order chi connectivity index (χ1) is 13.4. The molecule has 0 fully saturated rings. The molecule has 0 spiro atoms. The lowest BCUT2D eigenvalue weighted by atomic mass is 10.1. The predicted octanol–water partition coefficient (Wildman–Crippen LogP) is 4.01. The Kier molecular flexibility index (Phi) is 5.99. The molecule has 3 aromatic rings. The van der Waals surface area contributed by atoms with Crippen molar-refractivity contribution in [3.63, 3.8) is 0 Å². The van der Waals surface area contributed by atoms with Gasteiger partial charge in [0, 0.05) is 25.2 Å². The Morgan fingerprint density at radius 3 is 2.54 bits per heavy atom. The van der Waals surface area contributed by atoms with Crippen molar-refractivity contribution in [2.45, 2.75) is 26.5 Å². The molecule has 3 N–H and O–H groups in total. The molecule has 1 heterocycles. The highest BCUT2D eigenvalue weighted by Gasteiger charge is 2.07. The number of pyridine rings is 1. The van der Waals surface area contributed by atoms with Crippen molar-refractivity contribution < 1.29 is 4.74 Å². The van der Waals surface area contributed by atoms with Gasteiger partial charge in [-0.2, -0.15) is 0 Å². The molecule has 0 bridgehead atoms. The lowest BCUT2D eigenvalue weighted by molar-refractivity contribution is 0.242. The quantitative estimate of drug-likeness (QED) is 0.501. The SMILES string of the molecule is CC(C)Oc1ccc(NC(N)=NCc2cc(N(C)C)nc3ccccc23)cc1. The highest BCUT2D eigenvalue weighted by molar-refractivity contribution is 5.92. The lowest BCUT2D eigenvalue weighted by Gasteiger charge is -2.14. The van der Waals surface area contributed by atoms with Gasteiger partial charge in [0.15, 0.2) is 5.96 Å². The molecule has 0 saturated carbocycles. The number of benzene rings is 2. The van der Waals surface area contributed by atoms with E-state index >= 15 is 0 Å². The average Bonchev–Trinajstić information content (AvgIpc) is 2.67. The number of rotatable bonds is 6. The smallest absolute Gasteiger partial charge is 0.193 e. The van der Waals surface area contributed by atoms with Gasteiger partial charge in [-0.25, -0.2) is 9.98 Å². The van der Waals surface area contributed by atoms with Crippen molar-refractivity contribution in [2.24, 2.45) is 10.7 Å². The zero-order chi connectivity index (χ0) is 20.1. The number of aliphatic imine (C=N–C) groups is 1. The zero-order valence-corrected chi connectivity index (χ0v) is 16.8. The molecule has 0 aliphatic heterocycles. The van der Waals surface area contributed by atoms with E-state index in [9.17, 15) is 0 Å². The summed E-state index contributed by atoms with van der Waals surface area (Å²) in [6.45, 7) is 4.47. The highest BCUT2D eigenvalue weighted by atomic mass is 16.5. The first-order valence-electron chi connectivity index (χ1n) is 9.32. The predicted molar refractivity (Wildman–Crippen MR) is 117 cm³/mol. The topological polar surface area (TPSA) is 75.8 Å². The molecule has 2 aromatic carbocycles. The van der Waals surface area contributed by atoms with Crippen LogP contribution in [0.4, 0.5) is 11.5 Å². The molecule has 6 heteroatoms. The Labute approximate surface area is 166 Å². The van der Waals surface area contributed by atoms with Gasteiger partial charge in [-0.15, -0.1) is 0 Å². The van der Waals surface area contributed by atoms with Crippen molar-refractivity contribution in [2.75, 3.05) is 24.3 Å². The summed E-state index contributed by atoms with van der Waals surface area (Å²) in [5.74, 6) is 2.09. The first kappa shape index (κ1) is 19.5. The number of nitrogens with zero attached hydrogens (tertiary/aromatic N) is 3. The van der Waals surface area contributed by atoms with E-state index in [4.69, 9.17) is 10.5 Å². The third kappa shape index (κ3) is 4.91. The number of ether oxygens (including phenoxy) is 1. The molecular formula is C22H27N5O. The van der Waals surface area contributed by atoms with Crippen LogP contribution in [0.25, 0.3) is 10.9 Å². The molecule has 0 atom stereocenters. The van der Waals surface area contributed by atoms with E-state index < -0.39 is 0 Å². The van der Waals surface area contributed by atoms with Crippen molar-refractivity contribution >= 4 is 28.4 Å². The molecule has 0 unspecified atom stereocenters.